The summed E-state index contributed by atoms with van der Waals surface area (Å²) in [6.45, 7) is 7.54. The Bertz CT molecular complexity index is 1220. The van der Waals surface area contributed by atoms with E-state index in [1.807, 2.05) is 0 Å². The van der Waals surface area contributed by atoms with E-state index in [9.17, 15) is 22.8 Å². The summed E-state index contributed by atoms with van der Waals surface area (Å²) < 4.78 is 50.4. The number of hydrogen-bond donors (Lipinski definition) is 0. The zero-order chi connectivity index (χ0) is 22.9. The lowest BCUT2D eigenvalue weighted by molar-refractivity contribution is -0.137. The van der Waals surface area contributed by atoms with Crippen molar-refractivity contribution in [3.05, 3.63) is 81.7 Å². The van der Waals surface area contributed by atoms with Gasteiger partial charge in [0.2, 0.25) is 0 Å². The maximum absolute atomic E-state index is 13.4. The highest BCUT2D eigenvalue weighted by Gasteiger charge is 2.30. The molecule has 0 aliphatic carbocycles. The first kappa shape index (κ1) is 22.1. The second-order valence-corrected chi connectivity index (χ2v) is 6.76. The number of pyridine rings is 1. The Labute approximate surface area is 176 Å². The maximum atomic E-state index is 13.4. The van der Waals surface area contributed by atoms with Crippen LogP contribution in [0.5, 0.6) is 0 Å². The highest BCUT2D eigenvalue weighted by molar-refractivity contribution is 5.97. The number of ether oxygens (including phenoxy) is 2. The molecular formula is C23H20F3NO4. The average Bonchev–Trinajstić information content (AvgIpc) is 2.73. The highest BCUT2D eigenvalue weighted by atomic mass is 19.4. The quantitative estimate of drug-likeness (QED) is 0.416. The van der Waals surface area contributed by atoms with Gasteiger partial charge >= 0.3 is 12.1 Å². The molecule has 1 heterocycles. The number of hydrogen-bond acceptors (Lipinski definition) is 4. The van der Waals surface area contributed by atoms with Gasteiger partial charge in [-0.1, -0.05) is 6.58 Å². The van der Waals surface area contributed by atoms with Gasteiger partial charge in [0.05, 0.1) is 35.9 Å². The molecule has 0 unspecified atom stereocenters. The third-order valence-corrected chi connectivity index (χ3v) is 4.90. The molecule has 0 spiro atoms. The van der Waals surface area contributed by atoms with Crippen LogP contribution in [0.2, 0.25) is 0 Å². The summed E-state index contributed by atoms with van der Waals surface area (Å²) in [7, 11) is 1.25. The van der Waals surface area contributed by atoms with E-state index in [1.54, 1.807) is 26.0 Å². The molecule has 0 saturated carbocycles. The standard InChI is InChI=1S/C23H20F3NO4/c1-5-31-14(3)20-13(2)18-12-15(22(29)30-4)6-11-19(18)27(21(20)28)17-9-7-16(8-10-17)23(24,25)26/h6-12H,3,5H2,1-2,4H3. The average molecular weight is 431 g/mol. The molecule has 3 rings (SSSR count). The van der Waals surface area contributed by atoms with Crippen molar-refractivity contribution in [1.29, 1.82) is 0 Å². The molecule has 0 amide bonds. The third-order valence-electron chi connectivity index (χ3n) is 4.90. The van der Waals surface area contributed by atoms with E-state index >= 15 is 0 Å². The van der Waals surface area contributed by atoms with E-state index in [-0.39, 0.29) is 29.2 Å². The van der Waals surface area contributed by atoms with Gasteiger partial charge < -0.3 is 9.47 Å². The predicted octanol–water partition coefficient (Wildman–Crippen LogP) is 5.11. The van der Waals surface area contributed by atoms with Gasteiger partial charge in [0.1, 0.15) is 5.76 Å². The number of methoxy groups -OCH3 is 1. The Kier molecular flexibility index (Phi) is 5.92. The van der Waals surface area contributed by atoms with Crippen molar-refractivity contribution in [2.75, 3.05) is 13.7 Å². The van der Waals surface area contributed by atoms with Crippen LogP contribution in [0.15, 0.2) is 53.8 Å². The van der Waals surface area contributed by atoms with E-state index in [0.29, 0.717) is 16.5 Å². The van der Waals surface area contributed by atoms with Gasteiger partial charge in [-0.05, 0) is 61.9 Å². The van der Waals surface area contributed by atoms with Crippen molar-refractivity contribution in [1.82, 2.24) is 4.57 Å². The van der Waals surface area contributed by atoms with Crippen LogP contribution in [0.1, 0.15) is 34.0 Å². The Balaban J connectivity index is 2.37. The minimum atomic E-state index is -4.50. The van der Waals surface area contributed by atoms with Crippen LogP contribution in [0.25, 0.3) is 22.3 Å². The predicted molar refractivity (Wildman–Crippen MR) is 111 cm³/mol. The van der Waals surface area contributed by atoms with Crippen LogP contribution in [-0.2, 0) is 15.7 Å². The van der Waals surface area contributed by atoms with Crippen LogP contribution >= 0.6 is 0 Å². The monoisotopic (exact) mass is 431 g/mol. The van der Waals surface area contributed by atoms with Gasteiger partial charge in [0.15, 0.2) is 0 Å². The fourth-order valence-corrected chi connectivity index (χ4v) is 3.42. The van der Waals surface area contributed by atoms with E-state index in [1.165, 1.54) is 29.9 Å². The number of carbonyl (C=O) groups excluding carboxylic acids is 1. The summed E-state index contributed by atoms with van der Waals surface area (Å²) in [5, 5.41) is 0.540. The van der Waals surface area contributed by atoms with Crippen LogP contribution in [0.3, 0.4) is 0 Å². The second-order valence-electron chi connectivity index (χ2n) is 6.76. The molecule has 0 atom stereocenters. The van der Waals surface area contributed by atoms with E-state index in [0.717, 1.165) is 12.1 Å². The Hall–Kier alpha value is -3.55. The molecule has 0 N–H and O–H groups in total. The summed E-state index contributed by atoms with van der Waals surface area (Å²) in [5.74, 6) is -0.421. The van der Waals surface area contributed by atoms with E-state index in [4.69, 9.17) is 9.47 Å². The Morgan fingerprint density at radius 3 is 2.32 bits per heavy atom. The molecule has 3 aromatic rings. The molecule has 0 fully saturated rings. The number of fused-ring (bicyclic) bond motifs is 1. The smallest absolute Gasteiger partial charge is 0.416 e. The molecule has 0 saturated heterocycles. The minimum Gasteiger partial charge on any atom is -0.494 e. The van der Waals surface area contributed by atoms with Crippen molar-refractivity contribution in [2.45, 2.75) is 20.0 Å². The fraction of sp³-hybridized carbons (Fsp3) is 0.217. The molecule has 2 aromatic carbocycles. The summed E-state index contributed by atoms with van der Waals surface area (Å²) in [6, 6.07) is 8.88. The number of aromatic nitrogens is 1. The normalized spacial score (nSPS) is 11.4. The van der Waals surface area contributed by atoms with E-state index < -0.39 is 23.3 Å². The summed E-state index contributed by atoms with van der Waals surface area (Å²) in [4.78, 5) is 25.4. The molecule has 0 bridgehead atoms. The third kappa shape index (κ3) is 4.05. The summed E-state index contributed by atoms with van der Waals surface area (Å²) in [5.41, 5.74) is 0.316. The number of carbonyl (C=O) groups is 1. The number of nitrogens with zero attached hydrogens (tertiary/aromatic N) is 1. The van der Waals surface area contributed by atoms with Crippen molar-refractivity contribution < 1.29 is 27.4 Å². The van der Waals surface area contributed by atoms with Gasteiger partial charge in [0, 0.05) is 11.1 Å². The first-order chi connectivity index (χ1) is 14.6. The Morgan fingerprint density at radius 2 is 1.77 bits per heavy atom. The summed E-state index contributed by atoms with van der Waals surface area (Å²) >= 11 is 0. The van der Waals surface area contributed by atoms with E-state index in [2.05, 4.69) is 6.58 Å². The number of alkyl halides is 3. The molecule has 0 aliphatic rings. The molecule has 0 aliphatic heterocycles. The number of rotatable bonds is 5. The number of benzene rings is 2. The van der Waals surface area contributed by atoms with Crippen molar-refractivity contribution in [3.63, 3.8) is 0 Å². The molecule has 8 heteroatoms. The second kappa shape index (κ2) is 8.29. The largest absolute Gasteiger partial charge is 0.494 e. The maximum Gasteiger partial charge on any atom is 0.416 e. The zero-order valence-corrected chi connectivity index (χ0v) is 17.2. The molecular weight excluding hydrogens is 411 g/mol. The fourth-order valence-electron chi connectivity index (χ4n) is 3.42. The van der Waals surface area contributed by atoms with Gasteiger partial charge in [-0.15, -0.1) is 0 Å². The number of aryl methyl sites for hydroxylation is 1. The SMILES string of the molecule is C=C(OCC)c1c(C)c2cc(C(=O)OC)ccc2n(-c2ccc(C(F)(F)F)cc2)c1=O. The lowest BCUT2D eigenvalue weighted by Crippen LogP contribution is -2.24. The van der Waals surface area contributed by atoms with Crippen LogP contribution < -0.4 is 5.56 Å². The molecule has 0 radical (unpaired) electrons. The Morgan fingerprint density at radius 1 is 1.13 bits per heavy atom. The van der Waals surface area contributed by atoms with Crippen molar-refractivity contribution >= 4 is 22.6 Å². The lowest BCUT2D eigenvalue weighted by Gasteiger charge is -2.18. The van der Waals surface area contributed by atoms with Crippen LogP contribution in [-0.4, -0.2) is 24.3 Å². The molecule has 162 valence electrons. The summed E-state index contributed by atoms with van der Waals surface area (Å²) in [6.07, 6.45) is -4.50. The van der Waals surface area contributed by atoms with Gasteiger partial charge in [-0.25, -0.2) is 4.79 Å². The van der Waals surface area contributed by atoms with Gasteiger partial charge in [-0.2, -0.15) is 13.2 Å². The number of esters is 1. The van der Waals surface area contributed by atoms with Crippen LogP contribution in [0, 0.1) is 6.92 Å². The lowest BCUT2D eigenvalue weighted by atomic mass is 10.0. The van der Waals surface area contributed by atoms with Gasteiger partial charge in [-0.3, -0.25) is 9.36 Å². The molecule has 5 nitrogen and oxygen atoms in total. The zero-order valence-electron chi connectivity index (χ0n) is 17.2. The molecule has 1 aromatic heterocycles. The van der Waals surface area contributed by atoms with Gasteiger partial charge in [0.25, 0.3) is 5.56 Å². The number of halogens is 3. The topological polar surface area (TPSA) is 57.5 Å². The van der Waals surface area contributed by atoms with Crippen LogP contribution in [0.4, 0.5) is 13.2 Å². The van der Waals surface area contributed by atoms with Crippen molar-refractivity contribution in [3.8, 4) is 5.69 Å². The first-order valence-electron chi connectivity index (χ1n) is 9.37. The minimum absolute atomic E-state index is 0.135. The molecule has 31 heavy (non-hydrogen) atoms. The van der Waals surface area contributed by atoms with Crippen molar-refractivity contribution in [2.24, 2.45) is 0 Å². The highest BCUT2D eigenvalue weighted by Crippen LogP contribution is 2.31. The first-order valence-corrected chi connectivity index (χ1v) is 9.37.